The summed E-state index contributed by atoms with van der Waals surface area (Å²) in [4.78, 5) is 11.7. The van der Waals surface area contributed by atoms with Gasteiger partial charge in [0.2, 0.25) is 5.91 Å². The number of amides is 1. The second kappa shape index (κ2) is 7.14. The lowest BCUT2D eigenvalue weighted by Crippen LogP contribution is -2.22. The number of aryl methyl sites for hydroxylation is 1. The molecule has 0 unspecified atom stereocenters. The number of rotatable bonds is 6. The first-order valence-corrected chi connectivity index (χ1v) is 7.10. The Morgan fingerprint density at radius 2 is 2.25 bits per heavy atom. The predicted octanol–water partition coefficient (Wildman–Crippen LogP) is 3.30. The maximum atomic E-state index is 11.7. The molecule has 2 aromatic rings. The highest BCUT2D eigenvalue weighted by Crippen LogP contribution is 2.25. The van der Waals surface area contributed by atoms with Crippen molar-refractivity contribution >= 4 is 21.8 Å². The average Bonchev–Trinajstić information content (AvgIpc) is 2.96. The molecule has 106 valence electrons. The van der Waals surface area contributed by atoms with Gasteiger partial charge >= 0.3 is 0 Å². The fourth-order valence-electron chi connectivity index (χ4n) is 1.81. The third-order valence-corrected chi connectivity index (χ3v) is 3.52. The molecule has 1 amide bonds. The van der Waals surface area contributed by atoms with E-state index in [1.165, 1.54) is 0 Å². The first kappa shape index (κ1) is 14.7. The molecule has 0 aliphatic rings. The Bertz CT molecular complexity index is 567. The largest absolute Gasteiger partial charge is 0.496 e. The normalized spacial score (nSPS) is 10.3. The van der Waals surface area contributed by atoms with Gasteiger partial charge in [0.1, 0.15) is 11.5 Å². The topological polar surface area (TPSA) is 51.5 Å². The van der Waals surface area contributed by atoms with Crippen LogP contribution in [0.25, 0.3) is 0 Å². The zero-order chi connectivity index (χ0) is 14.4. The van der Waals surface area contributed by atoms with E-state index in [-0.39, 0.29) is 5.91 Å². The van der Waals surface area contributed by atoms with Crippen LogP contribution < -0.4 is 10.1 Å². The minimum absolute atomic E-state index is 0.00772. The van der Waals surface area contributed by atoms with Gasteiger partial charge in [0.05, 0.1) is 24.4 Å². The Hall–Kier alpha value is -1.75. The smallest absolute Gasteiger partial charge is 0.220 e. The number of methoxy groups -OCH3 is 1. The van der Waals surface area contributed by atoms with Gasteiger partial charge < -0.3 is 14.5 Å². The molecule has 1 N–H and O–H groups in total. The molecule has 4 nitrogen and oxygen atoms in total. The van der Waals surface area contributed by atoms with E-state index in [0.717, 1.165) is 21.5 Å². The summed E-state index contributed by atoms with van der Waals surface area (Å²) in [5.74, 6) is 1.55. The van der Waals surface area contributed by atoms with E-state index in [9.17, 15) is 4.79 Å². The number of halogens is 1. The number of hydrogen-bond donors (Lipinski definition) is 1. The molecule has 2 rings (SSSR count). The Labute approximate surface area is 126 Å². The van der Waals surface area contributed by atoms with E-state index < -0.39 is 0 Å². The van der Waals surface area contributed by atoms with Crippen molar-refractivity contribution in [2.24, 2.45) is 0 Å². The van der Waals surface area contributed by atoms with Gasteiger partial charge in [-0.05, 0) is 52.2 Å². The second-order valence-corrected chi connectivity index (χ2v) is 5.18. The molecule has 0 fully saturated rings. The highest BCUT2D eigenvalue weighted by Gasteiger charge is 2.05. The van der Waals surface area contributed by atoms with Gasteiger partial charge in [-0.3, -0.25) is 4.79 Å². The summed E-state index contributed by atoms with van der Waals surface area (Å²) in [5.41, 5.74) is 1.09. The van der Waals surface area contributed by atoms with Crippen LogP contribution in [-0.2, 0) is 17.8 Å². The second-order valence-electron chi connectivity index (χ2n) is 4.32. The number of furan rings is 1. The van der Waals surface area contributed by atoms with Crippen molar-refractivity contribution in [1.82, 2.24) is 5.32 Å². The van der Waals surface area contributed by atoms with Crippen LogP contribution in [0.5, 0.6) is 5.75 Å². The summed E-state index contributed by atoms with van der Waals surface area (Å²) in [6, 6.07) is 9.46. The SMILES string of the molecule is COc1ccc(CCC(=O)NCc2ccco2)cc1Br. The average molecular weight is 338 g/mol. The molecule has 0 bridgehead atoms. The van der Waals surface area contributed by atoms with Crippen LogP contribution >= 0.6 is 15.9 Å². The lowest BCUT2D eigenvalue weighted by molar-refractivity contribution is -0.121. The Balaban J connectivity index is 1.79. The maximum Gasteiger partial charge on any atom is 0.220 e. The number of benzene rings is 1. The third kappa shape index (κ3) is 4.13. The van der Waals surface area contributed by atoms with Crippen molar-refractivity contribution in [2.45, 2.75) is 19.4 Å². The van der Waals surface area contributed by atoms with Gasteiger partial charge in [-0.1, -0.05) is 6.07 Å². The number of hydrogen-bond acceptors (Lipinski definition) is 3. The van der Waals surface area contributed by atoms with Gasteiger partial charge in [0.15, 0.2) is 0 Å². The molecule has 0 atom stereocenters. The predicted molar refractivity (Wildman–Crippen MR) is 79.6 cm³/mol. The van der Waals surface area contributed by atoms with Crippen molar-refractivity contribution in [3.63, 3.8) is 0 Å². The van der Waals surface area contributed by atoms with Gasteiger partial charge in [-0.2, -0.15) is 0 Å². The lowest BCUT2D eigenvalue weighted by atomic mass is 10.1. The molecule has 1 aromatic heterocycles. The quantitative estimate of drug-likeness (QED) is 0.879. The van der Waals surface area contributed by atoms with E-state index in [4.69, 9.17) is 9.15 Å². The maximum absolute atomic E-state index is 11.7. The molecule has 5 heteroatoms. The zero-order valence-electron chi connectivity index (χ0n) is 11.2. The van der Waals surface area contributed by atoms with Gasteiger partial charge in [0.25, 0.3) is 0 Å². The van der Waals surface area contributed by atoms with Crippen LogP contribution in [0.1, 0.15) is 17.7 Å². The highest BCUT2D eigenvalue weighted by atomic mass is 79.9. The molecule has 0 aliphatic carbocycles. The van der Waals surface area contributed by atoms with Crippen molar-refractivity contribution in [3.05, 3.63) is 52.4 Å². The number of ether oxygens (including phenoxy) is 1. The summed E-state index contributed by atoms with van der Waals surface area (Å²) < 4.78 is 11.2. The van der Waals surface area contributed by atoms with E-state index in [0.29, 0.717) is 19.4 Å². The summed E-state index contributed by atoms with van der Waals surface area (Å²) in [7, 11) is 1.63. The van der Waals surface area contributed by atoms with Crippen LogP contribution in [0.2, 0.25) is 0 Å². The van der Waals surface area contributed by atoms with Crippen molar-refractivity contribution < 1.29 is 13.9 Å². The minimum Gasteiger partial charge on any atom is -0.496 e. The Kier molecular flexibility index (Phi) is 5.24. The lowest BCUT2D eigenvalue weighted by Gasteiger charge is -2.07. The first-order valence-electron chi connectivity index (χ1n) is 6.30. The zero-order valence-corrected chi connectivity index (χ0v) is 12.8. The van der Waals surface area contributed by atoms with E-state index in [1.54, 1.807) is 19.4 Å². The van der Waals surface area contributed by atoms with Crippen LogP contribution in [0, 0.1) is 0 Å². The molecule has 0 spiro atoms. The summed E-state index contributed by atoms with van der Waals surface area (Å²) >= 11 is 3.43. The van der Waals surface area contributed by atoms with Crippen LogP contribution in [0.15, 0.2) is 45.5 Å². The number of carbonyl (C=O) groups excluding carboxylic acids is 1. The fourth-order valence-corrected chi connectivity index (χ4v) is 2.40. The molecule has 0 radical (unpaired) electrons. The number of nitrogens with one attached hydrogen (secondary N) is 1. The van der Waals surface area contributed by atoms with Crippen molar-refractivity contribution in [1.29, 1.82) is 0 Å². The molecule has 0 aliphatic heterocycles. The van der Waals surface area contributed by atoms with E-state index >= 15 is 0 Å². The van der Waals surface area contributed by atoms with Crippen molar-refractivity contribution in [3.8, 4) is 5.75 Å². The fraction of sp³-hybridized carbons (Fsp3) is 0.267. The summed E-state index contributed by atoms with van der Waals surface area (Å²) in [6.45, 7) is 0.429. The van der Waals surface area contributed by atoms with Crippen LogP contribution in [0.4, 0.5) is 0 Å². The van der Waals surface area contributed by atoms with Crippen LogP contribution in [-0.4, -0.2) is 13.0 Å². The molecule has 0 saturated heterocycles. The van der Waals surface area contributed by atoms with Crippen molar-refractivity contribution in [2.75, 3.05) is 7.11 Å². The molecular weight excluding hydrogens is 322 g/mol. The number of carbonyl (C=O) groups is 1. The van der Waals surface area contributed by atoms with Crippen LogP contribution in [0.3, 0.4) is 0 Å². The molecule has 1 aromatic carbocycles. The Morgan fingerprint density at radius 1 is 1.40 bits per heavy atom. The van der Waals surface area contributed by atoms with E-state index in [2.05, 4.69) is 21.2 Å². The summed E-state index contributed by atoms with van der Waals surface area (Å²) in [5, 5.41) is 2.82. The standard InChI is InChI=1S/C15H16BrNO3/c1-19-14-6-4-11(9-13(14)16)5-7-15(18)17-10-12-3-2-8-20-12/h2-4,6,8-9H,5,7,10H2,1H3,(H,17,18). The molecular formula is C15H16BrNO3. The van der Waals surface area contributed by atoms with E-state index in [1.807, 2.05) is 24.3 Å². The Morgan fingerprint density at radius 3 is 2.90 bits per heavy atom. The first-order chi connectivity index (χ1) is 9.69. The molecule has 1 heterocycles. The van der Waals surface area contributed by atoms with Gasteiger partial charge in [-0.15, -0.1) is 0 Å². The monoisotopic (exact) mass is 337 g/mol. The highest BCUT2D eigenvalue weighted by molar-refractivity contribution is 9.10. The van der Waals surface area contributed by atoms with Gasteiger partial charge in [-0.25, -0.2) is 0 Å². The van der Waals surface area contributed by atoms with Gasteiger partial charge in [0, 0.05) is 6.42 Å². The molecule has 20 heavy (non-hydrogen) atoms. The molecule has 0 saturated carbocycles. The minimum atomic E-state index is 0.00772. The summed E-state index contributed by atoms with van der Waals surface area (Å²) in [6.07, 6.45) is 2.72. The third-order valence-electron chi connectivity index (χ3n) is 2.90.